The van der Waals surface area contributed by atoms with E-state index in [9.17, 15) is 0 Å². The summed E-state index contributed by atoms with van der Waals surface area (Å²) in [5, 5.41) is 9.81. The maximum Gasteiger partial charge on any atom is 0.195 e. The van der Waals surface area contributed by atoms with Gasteiger partial charge in [0.15, 0.2) is 5.16 Å². The molecule has 0 saturated heterocycles. The first-order valence-corrected chi connectivity index (χ1v) is 8.34. The van der Waals surface area contributed by atoms with Gasteiger partial charge in [0, 0.05) is 10.8 Å². The van der Waals surface area contributed by atoms with Crippen molar-refractivity contribution in [3.8, 4) is 5.69 Å². The molecule has 112 valence electrons. The Morgan fingerprint density at radius 1 is 1.09 bits per heavy atom. The van der Waals surface area contributed by atoms with E-state index in [1.54, 1.807) is 18.1 Å². The molecule has 0 radical (unpaired) electrons. The quantitative estimate of drug-likeness (QED) is 0.642. The normalized spacial score (nSPS) is 10.9. The number of benzene rings is 2. The molecule has 0 saturated carbocycles. The zero-order valence-corrected chi connectivity index (χ0v) is 14.0. The van der Waals surface area contributed by atoms with E-state index in [1.165, 1.54) is 16.7 Å². The number of aromatic nitrogens is 3. The molecule has 0 amide bonds. The summed E-state index contributed by atoms with van der Waals surface area (Å²) in [6.07, 6.45) is 1.72. The third-order valence-corrected chi connectivity index (χ3v) is 4.50. The van der Waals surface area contributed by atoms with Gasteiger partial charge in [-0.05, 0) is 37.6 Å². The molecule has 0 unspecified atom stereocenters. The SMILES string of the molecule is Cc1cc(C)cc(CSc2nncn2-c2cccc(Cl)c2)c1. The van der Waals surface area contributed by atoms with Crippen molar-refractivity contribution in [1.29, 1.82) is 0 Å². The van der Waals surface area contributed by atoms with E-state index in [2.05, 4.69) is 42.2 Å². The average Bonchev–Trinajstić information content (AvgIpc) is 2.92. The summed E-state index contributed by atoms with van der Waals surface area (Å²) in [5.74, 6) is 0.863. The summed E-state index contributed by atoms with van der Waals surface area (Å²) in [6, 6.07) is 14.3. The smallest absolute Gasteiger partial charge is 0.195 e. The molecule has 0 spiro atoms. The summed E-state index contributed by atoms with van der Waals surface area (Å²) in [4.78, 5) is 0. The molecule has 1 aromatic heterocycles. The van der Waals surface area contributed by atoms with Crippen molar-refractivity contribution < 1.29 is 0 Å². The fourth-order valence-corrected chi connectivity index (χ4v) is 3.47. The summed E-state index contributed by atoms with van der Waals surface area (Å²) >= 11 is 7.73. The van der Waals surface area contributed by atoms with Gasteiger partial charge >= 0.3 is 0 Å². The molecule has 0 bridgehead atoms. The van der Waals surface area contributed by atoms with Crippen molar-refractivity contribution >= 4 is 23.4 Å². The largest absolute Gasteiger partial charge is 0.277 e. The molecule has 0 aliphatic carbocycles. The monoisotopic (exact) mass is 329 g/mol. The van der Waals surface area contributed by atoms with Crippen LogP contribution in [0.4, 0.5) is 0 Å². The Hall–Kier alpha value is -1.78. The van der Waals surface area contributed by atoms with Crippen LogP contribution in [-0.2, 0) is 5.75 Å². The summed E-state index contributed by atoms with van der Waals surface area (Å²) in [7, 11) is 0. The van der Waals surface area contributed by atoms with Crippen LogP contribution in [0.15, 0.2) is 53.9 Å². The number of hydrogen-bond donors (Lipinski definition) is 0. The molecule has 3 nitrogen and oxygen atoms in total. The van der Waals surface area contributed by atoms with Crippen LogP contribution in [0.2, 0.25) is 5.02 Å². The van der Waals surface area contributed by atoms with Crippen molar-refractivity contribution in [2.45, 2.75) is 24.8 Å². The lowest BCUT2D eigenvalue weighted by atomic mass is 10.1. The first-order chi connectivity index (χ1) is 10.6. The van der Waals surface area contributed by atoms with E-state index in [-0.39, 0.29) is 0 Å². The highest BCUT2D eigenvalue weighted by molar-refractivity contribution is 7.98. The molecule has 0 aliphatic heterocycles. The fraction of sp³-hybridized carbons (Fsp3) is 0.176. The second kappa shape index (κ2) is 6.55. The van der Waals surface area contributed by atoms with E-state index in [0.717, 1.165) is 16.6 Å². The number of nitrogens with zero attached hydrogens (tertiary/aromatic N) is 3. The second-order valence-electron chi connectivity index (χ2n) is 5.25. The van der Waals surface area contributed by atoms with Crippen LogP contribution < -0.4 is 0 Å². The average molecular weight is 330 g/mol. The maximum absolute atomic E-state index is 6.06. The highest BCUT2D eigenvalue weighted by Gasteiger charge is 2.08. The zero-order valence-electron chi connectivity index (χ0n) is 12.5. The molecule has 0 aliphatic rings. The van der Waals surface area contributed by atoms with Crippen LogP contribution in [0.3, 0.4) is 0 Å². The number of halogens is 1. The first-order valence-electron chi connectivity index (χ1n) is 6.98. The predicted molar refractivity (Wildman–Crippen MR) is 91.8 cm³/mol. The lowest BCUT2D eigenvalue weighted by Gasteiger charge is -2.07. The van der Waals surface area contributed by atoms with E-state index >= 15 is 0 Å². The Bertz CT molecular complexity index is 778. The van der Waals surface area contributed by atoms with E-state index < -0.39 is 0 Å². The molecule has 0 fully saturated rings. The van der Waals surface area contributed by atoms with Crippen molar-refractivity contribution in [2.75, 3.05) is 0 Å². The summed E-state index contributed by atoms with van der Waals surface area (Å²) in [6.45, 7) is 4.24. The molecule has 3 rings (SSSR count). The fourth-order valence-electron chi connectivity index (χ4n) is 2.43. The molecular formula is C17H16ClN3S. The molecule has 0 atom stereocenters. The highest BCUT2D eigenvalue weighted by Crippen LogP contribution is 2.25. The molecule has 22 heavy (non-hydrogen) atoms. The number of thioether (sulfide) groups is 1. The van der Waals surface area contributed by atoms with E-state index in [1.807, 2.05) is 28.8 Å². The molecule has 0 N–H and O–H groups in total. The number of hydrogen-bond acceptors (Lipinski definition) is 3. The van der Waals surface area contributed by atoms with Crippen LogP contribution in [0.5, 0.6) is 0 Å². The minimum absolute atomic E-state index is 0.705. The van der Waals surface area contributed by atoms with Crippen LogP contribution in [0.25, 0.3) is 5.69 Å². The Kier molecular flexibility index (Phi) is 4.50. The third kappa shape index (κ3) is 3.51. The van der Waals surface area contributed by atoms with Gasteiger partial charge in [-0.15, -0.1) is 10.2 Å². The number of rotatable bonds is 4. The Morgan fingerprint density at radius 3 is 2.59 bits per heavy atom. The van der Waals surface area contributed by atoms with E-state index in [0.29, 0.717) is 5.02 Å². The van der Waals surface area contributed by atoms with Crippen molar-refractivity contribution in [3.05, 3.63) is 70.5 Å². The standard InChI is InChI=1S/C17H16ClN3S/c1-12-6-13(2)8-14(7-12)10-22-17-20-19-11-21(17)16-5-3-4-15(18)9-16/h3-9,11H,10H2,1-2H3. The lowest BCUT2D eigenvalue weighted by Crippen LogP contribution is -1.95. The van der Waals surface area contributed by atoms with Gasteiger partial charge < -0.3 is 0 Å². The Labute approximate surface area is 139 Å². The van der Waals surface area contributed by atoms with Crippen molar-refractivity contribution in [1.82, 2.24) is 14.8 Å². The molecule has 3 aromatic rings. The van der Waals surface area contributed by atoms with Gasteiger partial charge in [-0.3, -0.25) is 4.57 Å². The second-order valence-corrected chi connectivity index (χ2v) is 6.63. The van der Waals surface area contributed by atoms with Crippen molar-refractivity contribution in [2.24, 2.45) is 0 Å². The minimum Gasteiger partial charge on any atom is -0.277 e. The predicted octanol–water partition coefficient (Wildman–Crippen LogP) is 4.83. The van der Waals surface area contributed by atoms with Gasteiger partial charge in [0.05, 0.1) is 5.69 Å². The van der Waals surface area contributed by atoms with Crippen molar-refractivity contribution in [3.63, 3.8) is 0 Å². The zero-order chi connectivity index (χ0) is 15.5. The molecule has 1 heterocycles. The molecular weight excluding hydrogens is 314 g/mol. The van der Waals surface area contributed by atoms with Gasteiger partial charge in [-0.1, -0.05) is 58.8 Å². The highest BCUT2D eigenvalue weighted by atomic mass is 35.5. The Morgan fingerprint density at radius 2 is 1.86 bits per heavy atom. The summed E-state index contributed by atoms with van der Waals surface area (Å²) in [5.41, 5.74) is 4.84. The van der Waals surface area contributed by atoms with Gasteiger partial charge in [-0.2, -0.15) is 0 Å². The summed E-state index contributed by atoms with van der Waals surface area (Å²) < 4.78 is 1.96. The maximum atomic E-state index is 6.06. The lowest BCUT2D eigenvalue weighted by molar-refractivity contribution is 0.884. The topological polar surface area (TPSA) is 30.7 Å². The molecule has 2 aromatic carbocycles. The third-order valence-electron chi connectivity index (χ3n) is 3.25. The van der Waals surface area contributed by atoms with Crippen LogP contribution in [0, 0.1) is 13.8 Å². The van der Waals surface area contributed by atoms with Gasteiger partial charge in [0.25, 0.3) is 0 Å². The minimum atomic E-state index is 0.705. The molecule has 5 heteroatoms. The van der Waals surface area contributed by atoms with E-state index in [4.69, 9.17) is 11.6 Å². The Balaban J connectivity index is 1.81. The van der Waals surface area contributed by atoms with Gasteiger partial charge in [0.2, 0.25) is 0 Å². The van der Waals surface area contributed by atoms with Gasteiger partial charge in [-0.25, -0.2) is 0 Å². The first kappa shape index (κ1) is 15.1. The van der Waals surface area contributed by atoms with Gasteiger partial charge in [0.1, 0.15) is 6.33 Å². The van der Waals surface area contributed by atoms with Crippen LogP contribution in [0.1, 0.15) is 16.7 Å². The van der Waals surface area contributed by atoms with Crippen LogP contribution >= 0.6 is 23.4 Å². The van der Waals surface area contributed by atoms with Crippen LogP contribution in [-0.4, -0.2) is 14.8 Å². The number of aryl methyl sites for hydroxylation is 2.